The number of nitrogens with one attached hydrogen (secondary N) is 1. The summed E-state index contributed by atoms with van der Waals surface area (Å²) < 4.78 is 11.5. The summed E-state index contributed by atoms with van der Waals surface area (Å²) in [5.74, 6) is 1.28. The van der Waals surface area contributed by atoms with Crippen molar-refractivity contribution >= 4 is 12.0 Å². The number of rotatable bonds is 9. The Morgan fingerprint density at radius 3 is 2.87 bits per heavy atom. The number of hydrogen-bond acceptors (Lipinski definition) is 5. The quantitative estimate of drug-likeness (QED) is 0.645. The number of morpholine rings is 1. The van der Waals surface area contributed by atoms with Gasteiger partial charge in [-0.1, -0.05) is 32.0 Å². The summed E-state index contributed by atoms with van der Waals surface area (Å²) in [6.45, 7) is 9.00. The maximum atomic E-state index is 12.1. The van der Waals surface area contributed by atoms with Crippen LogP contribution >= 0.6 is 0 Å². The minimum absolute atomic E-state index is 0.0467. The van der Waals surface area contributed by atoms with Crippen molar-refractivity contribution in [2.45, 2.75) is 26.6 Å². The van der Waals surface area contributed by atoms with Crippen LogP contribution < -0.4 is 10.1 Å². The Morgan fingerprint density at radius 1 is 1.30 bits per heavy atom. The lowest BCUT2D eigenvalue weighted by atomic mass is 10.2. The smallest absolute Gasteiger partial charge is 0.244 e. The third-order valence-corrected chi connectivity index (χ3v) is 4.77. The monoisotopic (exact) mass is 409 g/mol. The first kappa shape index (κ1) is 22.0. The minimum Gasteiger partial charge on any atom is -0.487 e. The van der Waals surface area contributed by atoms with E-state index in [2.05, 4.69) is 29.0 Å². The Morgan fingerprint density at radius 2 is 2.13 bits per heavy atom. The van der Waals surface area contributed by atoms with Crippen LogP contribution in [0.1, 0.15) is 25.1 Å². The van der Waals surface area contributed by atoms with Gasteiger partial charge in [0.1, 0.15) is 12.4 Å². The van der Waals surface area contributed by atoms with E-state index in [9.17, 15) is 4.79 Å². The molecule has 0 radical (unpaired) electrons. The molecule has 6 nitrogen and oxygen atoms in total. The SMILES string of the molecule is CC(C)CN1CCOC(CNC(=O)/C=C/c2ccc(OCc3ccccn3)cc2)C1. The molecule has 0 saturated carbocycles. The van der Waals surface area contributed by atoms with E-state index in [0.717, 1.165) is 43.2 Å². The predicted molar refractivity (Wildman–Crippen MR) is 118 cm³/mol. The zero-order valence-electron chi connectivity index (χ0n) is 17.8. The zero-order chi connectivity index (χ0) is 21.2. The molecule has 0 spiro atoms. The minimum atomic E-state index is -0.116. The Bertz CT molecular complexity index is 806. The molecule has 1 fully saturated rings. The second-order valence-corrected chi connectivity index (χ2v) is 7.90. The van der Waals surface area contributed by atoms with Gasteiger partial charge >= 0.3 is 0 Å². The van der Waals surface area contributed by atoms with E-state index in [1.54, 1.807) is 18.3 Å². The molecule has 2 heterocycles. The molecule has 1 aromatic carbocycles. The molecule has 6 heteroatoms. The fourth-order valence-corrected chi connectivity index (χ4v) is 3.35. The second-order valence-electron chi connectivity index (χ2n) is 7.90. The number of carbonyl (C=O) groups is 1. The summed E-state index contributed by atoms with van der Waals surface area (Å²) in [5.41, 5.74) is 1.82. The number of aromatic nitrogens is 1. The maximum absolute atomic E-state index is 12.1. The summed E-state index contributed by atoms with van der Waals surface area (Å²) in [4.78, 5) is 18.8. The number of amides is 1. The van der Waals surface area contributed by atoms with Gasteiger partial charge in [0.15, 0.2) is 0 Å². The van der Waals surface area contributed by atoms with Gasteiger partial charge in [-0.15, -0.1) is 0 Å². The largest absolute Gasteiger partial charge is 0.487 e. The van der Waals surface area contributed by atoms with E-state index in [1.165, 1.54) is 0 Å². The first-order valence-electron chi connectivity index (χ1n) is 10.5. The van der Waals surface area contributed by atoms with Gasteiger partial charge in [-0.3, -0.25) is 14.7 Å². The van der Waals surface area contributed by atoms with Crippen molar-refractivity contribution in [2.75, 3.05) is 32.8 Å². The molecule has 30 heavy (non-hydrogen) atoms. The third kappa shape index (κ3) is 7.61. The van der Waals surface area contributed by atoms with Crippen molar-refractivity contribution in [3.63, 3.8) is 0 Å². The van der Waals surface area contributed by atoms with Crippen molar-refractivity contribution in [3.8, 4) is 5.75 Å². The lowest BCUT2D eigenvalue weighted by Gasteiger charge is -2.33. The molecule has 0 aliphatic carbocycles. The molecule has 1 unspecified atom stereocenters. The number of benzene rings is 1. The van der Waals surface area contributed by atoms with Gasteiger partial charge in [0.2, 0.25) is 5.91 Å². The standard InChI is InChI=1S/C24H31N3O3/c1-19(2)16-27-13-14-29-23(17-27)15-26-24(28)11-8-20-6-9-22(10-7-20)30-18-21-5-3-4-12-25-21/h3-12,19,23H,13-18H2,1-2H3,(H,26,28)/b11-8+. The number of nitrogens with zero attached hydrogens (tertiary/aromatic N) is 2. The summed E-state index contributed by atoms with van der Waals surface area (Å²) in [6, 6.07) is 13.4. The summed E-state index contributed by atoms with van der Waals surface area (Å²) in [6.07, 6.45) is 5.15. The third-order valence-electron chi connectivity index (χ3n) is 4.77. The lowest BCUT2D eigenvalue weighted by Crippen LogP contribution is -2.48. The highest BCUT2D eigenvalue weighted by atomic mass is 16.5. The molecule has 160 valence electrons. The molecule has 1 aliphatic rings. The van der Waals surface area contributed by atoms with Crippen LogP contribution in [0.2, 0.25) is 0 Å². The highest BCUT2D eigenvalue weighted by Crippen LogP contribution is 2.14. The van der Waals surface area contributed by atoms with E-state index in [0.29, 0.717) is 19.1 Å². The van der Waals surface area contributed by atoms with E-state index >= 15 is 0 Å². The van der Waals surface area contributed by atoms with Gasteiger partial charge in [-0.2, -0.15) is 0 Å². The molecule has 1 atom stereocenters. The summed E-state index contributed by atoms with van der Waals surface area (Å²) in [5, 5.41) is 2.94. The topological polar surface area (TPSA) is 63.7 Å². The van der Waals surface area contributed by atoms with E-state index in [-0.39, 0.29) is 12.0 Å². The van der Waals surface area contributed by atoms with Crippen LogP contribution in [0.5, 0.6) is 5.75 Å². The maximum Gasteiger partial charge on any atom is 0.244 e. The van der Waals surface area contributed by atoms with Crippen LogP contribution in [0.3, 0.4) is 0 Å². The average molecular weight is 410 g/mol. The van der Waals surface area contributed by atoms with Gasteiger partial charge in [0.05, 0.1) is 18.4 Å². The first-order chi connectivity index (χ1) is 14.6. The van der Waals surface area contributed by atoms with Crippen LogP contribution in [0.4, 0.5) is 0 Å². The Hall–Kier alpha value is -2.70. The summed E-state index contributed by atoms with van der Waals surface area (Å²) >= 11 is 0. The normalized spacial score (nSPS) is 17.4. The number of pyridine rings is 1. The molecule has 3 rings (SSSR count). The first-order valence-corrected chi connectivity index (χ1v) is 10.5. The molecule has 1 aliphatic heterocycles. The fraction of sp³-hybridized carbons (Fsp3) is 0.417. The highest BCUT2D eigenvalue weighted by Gasteiger charge is 2.21. The zero-order valence-corrected chi connectivity index (χ0v) is 17.8. The molecular formula is C24H31N3O3. The molecule has 1 aromatic heterocycles. The van der Waals surface area contributed by atoms with Crippen molar-refractivity contribution < 1.29 is 14.3 Å². The van der Waals surface area contributed by atoms with E-state index in [1.807, 2.05) is 42.5 Å². The van der Waals surface area contributed by atoms with Gasteiger partial charge in [-0.05, 0) is 41.8 Å². The van der Waals surface area contributed by atoms with Gasteiger partial charge in [0, 0.05) is 38.5 Å². The van der Waals surface area contributed by atoms with E-state index < -0.39 is 0 Å². The van der Waals surface area contributed by atoms with Crippen LogP contribution in [0, 0.1) is 5.92 Å². The lowest BCUT2D eigenvalue weighted by molar-refractivity contribution is -0.117. The van der Waals surface area contributed by atoms with Gasteiger partial charge in [0.25, 0.3) is 0 Å². The summed E-state index contributed by atoms with van der Waals surface area (Å²) in [7, 11) is 0. The molecule has 1 amide bonds. The van der Waals surface area contributed by atoms with Gasteiger partial charge in [-0.25, -0.2) is 0 Å². The van der Waals surface area contributed by atoms with Crippen molar-refractivity contribution in [2.24, 2.45) is 5.92 Å². The average Bonchev–Trinajstić information content (AvgIpc) is 2.76. The Balaban J connectivity index is 1.40. The van der Waals surface area contributed by atoms with Crippen molar-refractivity contribution in [1.82, 2.24) is 15.2 Å². The fourth-order valence-electron chi connectivity index (χ4n) is 3.35. The molecule has 1 saturated heterocycles. The van der Waals surface area contributed by atoms with E-state index in [4.69, 9.17) is 9.47 Å². The molecular weight excluding hydrogens is 378 g/mol. The molecule has 2 aromatic rings. The molecule has 1 N–H and O–H groups in total. The number of carbonyl (C=O) groups excluding carboxylic acids is 1. The number of hydrogen-bond donors (Lipinski definition) is 1. The molecule has 0 bridgehead atoms. The second kappa shape index (κ2) is 11.5. The van der Waals surface area contributed by atoms with Crippen molar-refractivity contribution in [3.05, 3.63) is 66.0 Å². The predicted octanol–water partition coefficient (Wildman–Crippen LogP) is 3.15. The van der Waals surface area contributed by atoms with Crippen LogP contribution in [0.15, 0.2) is 54.7 Å². The highest BCUT2D eigenvalue weighted by molar-refractivity contribution is 5.91. The Kier molecular flexibility index (Phi) is 8.41. The van der Waals surface area contributed by atoms with Crippen LogP contribution in [-0.4, -0.2) is 54.7 Å². The van der Waals surface area contributed by atoms with Crippen LogP contribution in [-0.2, 0) is 16.1 Å². The van der Waals surface area contributed by atoms with Crippen molar-refractivity contribution in [1.29, 1.82) is 0 Å². The van der Waals surface area contributed by atoms with Gasteiger partial charge < -0.3 is 14.8 Å². The number of ether oxygens (including phenoxy) is 2. The van der Waals surface area contributed by atoms with Crippen LogP contribution in [0.25, 0.3) is 6.08 Å². The Labute approximate surface area is 178 Å².